The number of hydrogen-bond acceptors (Lipinski definition) is 2. The summed E-state index contributed by atoms with van der Waals surface area (Å²) in [6.07, 6.45) is 7.45. The van der Waals surface area contributed by atoms with E-state index in [0.29, 0.717) is 6.04 Å². The van der Waals surface area contributed by atoms with E-state index in [4.69, 9.17) is 0 Å². The SMILES string of the molecule is CCCn1nccc1C(NC)C1CC2CC2C1. The van der Waals surface area contributed by atoms with Crippen molar-refractivity contribution in [2.75, 3.05) is 7.05 Å². The summed E-state index contributed by atoms with van der Waals surface area (Å²) in [5.41, 5.74) is 1.39. The molecule has 0 radical (unpaired) electrons. The molecule has 3 rings (SSSR count). The lowest BCUT2D eigenvalue weighted by Crippen LogP contribution is -2.27. The van der Waals surface area contributed by atoms with Crippen LogP contribution in [0.4, 0.5) is 0 Å². The van der Waals surface area contributed by atoms with Crippen molar-refractivity contribution in [2.24, 2.45) is 17.8 Å². The Morgan fingerprint density at radius 1 is 1.41 bits per heavy atom. The molecule has 3 nitrogen and oxygen atoms in total. The largest absolute Gasteiger partial charge is 0.311 e. The van der Waals surface area contributed by atoms with Gasteiger partial charge in [0, 0.05) is 12.7 Å². The highest BCUT2D eigenvalue weighted by atomic mass is 15.3. The molecule has 1 aromatic heterocycles. The van der Waals surface area contributed by atoms with Gasteiger partial charge in [-0.25, -0.2) is 0 Å². The Morgan fingerprint density at radius 2 is 2.18 bits per heavy atom. The van der Waals surface area contributed by atoms with Crippen LogP contribution in [0, 0.1) is 17.8 Å². The highest BCUT2D eigenvalue weighted by Gasteiger charge is 2.48. The molecule has 3 heteroatoms. The third-order valence-corrected chi connectivity index (χ3v) is 4.57. The van der Waals surface area contributed by atoms with Gasteiger partial charge in [0.15, 0.2) is 0 Å². The van der Waals surface area contributed by atoms with Crippen LogP contribution in [-0.2, 0) is 6.54 Å². The molecule has 0 bridgehead atoms. The van der Waals surface area contributed by atoms with Crippen LogP contribution in [-0.4, -0.2) is 16.8 Å². The lowest BCUT2D eigenvalue weighted by Gasteiger charge is -2.25. The standard InChI is InChI=1S/C14H23N3/c1-3-6-17-13(4-5-16-17)14(15-2)12-8-10-7-11(10)9-12/h4-5,10-12,14-15H,3,6-9H2,1-2H3. The number of nitrogens with one attached hydrogen (secondary N) is 1. The zero-order chi connectivity index (χ0) is 11.8. The van der Waals surface area contributed by atoms with Crippen molar-refractivity contribution in [1.82, 2.24) is 15.1 Å². The molecule has 2 aliphatic rings. The number of fused-ring (bicyclic) bond motifs is 1. The minimum Gasteiger partial charge on any atom is -0.311 e. The van der Waals surface area contributed by atoms with Gasteiger partial charge >= 0.3 is 0 Å². The molecule has 2 fully saturated rings. The Hall–Kier alpha value is -0.830. The van der Waals surface area contributed by atoms with Crippen LogP contribution < -0.4 is 5.32 Å². The minimum absolute atomic E-state index is 0.511. The molecule has 1 N–H and O–H groups in total. The van der Waals surface area contributed by atoms with E-state index in [9.17, 15) is 0 Å². The molecule has 3 unspecified atom stereocenters. The summed E-state index contributed by atoms with van der Waals surface area (Å²) in [5, 5.41) is 7.98. The summed E-state index contributed by atoms with van der Waals surface area (Å²) in [6, 6.07) is 2.71. The molecular weight excluding hydrogens is 210 g/mol. The van der Waals surface area contributed by atoms with Crippen LogP contribution in [0.1, 0.15) is 44.3 Å². The minimum atomic E-state index is 0.511. The summed E-state index contributed by atoms with van der Waals surface area (Å²) in [7, 11) is 2.10. The molecule has 0 aromatic carbocycles. The summed E-state index contributed by atoms with van der Waals surface area (Å²) < 4.78 is 2.19. The van der Waals surface area contributed by atoms with Gasteiger partial charge in [0.2, 0.25) is 0 Å². The van der Waals surface area contributed by atoms with Gasteiger partial charge in [-0.3, -0.25) is 4.68 Å². The molecule has 0 aliphatic heterocycles. The van der Waals surface area contributed by atoms with Gasteiger partial charge in [0.25, 0.3) is 0 Å². The Balaban J connectivity index is 1.76. The Labute approximate surface area is 104 Å². The average molecular weight is 233 g/mol. The first-order chi connectivity index (χ1) is 8.33. The normalized spacial score (nSPS) is 32.5. The molecular formula is C14H23N3. The van der Waals surface area contributed by atoms with Crippen molar-refractivity contribution in [2.45, 2.75) is 45.2 Å². The molecule has 94 valence electrons. The van der Waals surface area contributed by atoms with Crippen molar-refractivity contribution in [3.63, 3.8) is 0 Å². The summed E-state index contributed by atoms with van der Waals surface area (Å²) in [5.74, 6) is 2.94. The highest BCUT2D eigenvalue weighted by Crippen LogP contribution is 2.57. The van der Waals surface area contributed by atoms with E-state index in [1.807, 2.05) is 6.20 Å². The lowest BCUT2D eigenvalue weighted by molar-refractivity contribution is 0.338. The molecule has 0 spiro atoms. The van der Waals surface area contributed by atoms with E-state index >= 15 is 0 Å². The molecule has 1 heterocycles. The van der Waals surface area contributed by atoms with Crippen LogP contribution in [0.3, 0.4) is 0 Å². The van der Waals surface area contributed by atoms with Crippen LogP contribution in [0.2, 0.25) is 0 Å². The fourth-order valence-electron chi connectivity index (χ4n) is 3.66. The summed E-state index contributed by atoms with van der Waals surface area (Å²) in [6.45, 7) is 3.25. The van der Waals surface area contributed by atoms with Crippen LogP contribution in [0.15, 0.2) is 12.3 Å². The fourth-order valence-corrected chi connectivity index (χ4v) is 3.66. The average Bonchev–Trinajstić information content (AvgIpc) is 2.76. The van der Waals surface area contributed by atoms with Crippen LogP contribution in [0.5, 0.6) is 0 Å². The number of aromatic nitrogens is 2. The third-order valence-electron chi connectivity index (χ3n) is 4.57. The van der Waals surface area contributed by atoms with Crippen molar-refractivity contribution in [1.29, 1.82) is 0 Å². The highest BCUT2D eigenvalue weighted by molar-refractivity contribution is 5.12. The summed E-state index contributed by atoms with van der Waals surface area (Å²) >= 11 is 0. The molecule has 2 aliphatic carbocycles. The topological polar surface area (TPSA) is 29.9 Å². The monoisotopic (exact) mass is 233 g/mol. The van der Waals surface area contributed by atoms with Crippen molar-refractivity contribution < 1.29 is 0 Å². The number of aryl methyl sites for hydroxylation is 1. The van der Waals surface area contributed by atoms with Gasteiger partial charge in [-0.1, -0.05) is 6.92 Å². The van der Waals surface area contributed by atoms with Gasteiger partial charge < -0.3 is 5.32 Å². The second-order valence-corrected chi connectivity index (χ2v) is 5.73. The van der Waals surface area contributed by atoms with E-state index < -0.39 is 0 Å². The molecule has 2 saturated carbocycles. The molecule has 0 amide bonds. The van der Waals surface area contributed by atoms with E-state index in [1.54, 1.807) is 0 Å². The Morgan fingerprint density at radius 3 is 2.82 bits per heavy atom. The maximum absolute atomic E-state index is 4.45. The number of rotatable bonds is 5. The Kier molecular flexibility index (Phi) is 2.95. The van der Waals surface area contributed by atoms with Gasteiger partial charge in [-0.05, 0) is 56.6 Å². The van der Waals surface area contributed by atoms with Crippen molar-refractivity contribution >= 4 is 0 Å². The predicted octanol–water partition coefficient (Wildman–Crippen LogP) is 2.60. The van der Waals surface area contributed by atoms with Crippen LogP contribution >= 0.6 is 0 Å². The number of nitrogens with zero attached hydrogens (tertiary/aromatic N) is 2. The molecule has 0 saturated heterocycles. The number of hydrogen-bond donors (Lipinski definition) is 1. The lowest BCUT2D eigenvalue weighted by atomic mass is 9.92. The Bertz CT molecular complexity index is 375. The van der Waals surface area contributed by atoms with Crippen molar-refractivity contribution in [3.8, 4) is 0 Å². The molecule has 17 heavy (non-hydrogen) atoms. The maximum atomic E-state index is 4.45. The summed E-state index contributed by atoms with van der Waals surface area (Å²) in [4.78, 5) is 0. The first kappa shape index (κ1) is 11.3. The smallest absolute Gasteiger partial charge is 0.0556 e. The van der Waals surface area contributed by atoms with Gasteiger partial charge in [-0.2, -0.15) is 5.10 Å². The molecule has 3 atom stereocenters. The molecule has 1 aromatic rings. The van der Waals surface area contributed by atoms with Gasteiger partial charge in [-0.15, -0.1) is 0 Å². The maximum Gasteiger partial charge on any atom is 0.0556 e. The first-order valence-corrected chi connectivity index (χ1v) is 7.02. The van der Waals surface area contributed by atoms with Gasteiger partial charge in [0.1, 0.15) is 0 Å². The van der Waals surface area contributed by atoms with Crippen LogP contribution in [0.25, 0.3) is 0 Å². The van der Waals surface area contributed by atoms with Gasteiger partial charge in [0.05, 0.1) is 11.7 Å². The second-order valence-electron chi connectivity index (χ2n) is 5.73. The first-order valence-electron chi connectivity index (χ1n) is 7.02. The van der Waals surface area contributed by atoms with E-state index in [1.165, 1.54) is 25.0 Å². The predicted molar refractivity (Wildman–Crippen MR) is 68.6 cm³/mol. The third kappa shape index (κ3) is 2.01. The van der Waals surface area contributed by atoms with E-state index in [0.717, 1.165) is 30.7 Å². The zero-order valence-electron chi connectivity index (χ0n) is 10.9. The quantitative estimate of drug-likeness (QED) is 0.847. The zero-order valence-corrected chi connectivity index (χ0v) is 10.9. The van der Waals surface area contributed by atoms with E-state index in [2.05, 4.69) is 35.1 Å². The fraction of sp³-hybridized carbons (Fsp3) is 0.786. The van der Waals surface area contributed by atoms with Crippen molar-refractivity contribution in [3.05, 3.63) is 18.0 Å². The second kappa shape index (κ2) is 4.45. The van der Waals surface area contributed by atoms with E-state index in [-0.39, 0.29) is 0 Å².